The van der Waals surface area contributed by atoms with Gasteiger partial charge in [0.25, 0.3) is 5.91 Å². The molecule has 18 heavy (non-hydrogen) atoms. The van der Waals surface area contributed by atoms with E-state index in [0.29, 0.717) is 10.5 Å². The van der Waals surface area contributed by atoms with E-state index in [4.69, 9.17) is 0 Å². The van der Waals surface area contributed by atoms with E-state index in [2.05, 4.69) is 15.6 Å². The Labute approximate surface area is 107 Å². The van der Waals surface area contributed by atoms with Gasteiger partial charge < -0.3 is 4.74 Å². The first-order valence-corrected chi connectivity index (χ1v) is 6.77. The number of benzene rings is 1. The fourth-order valence-electron chi connectivity index (χ4n) is 1.15. The minimum Gasteiger partial charge on any atom is -0.449 e. The largest absolute Gasteiger partial charge is 0.449 e. The minimum absolute atomic E-state index is 0.221. The minimum atomic E-state index is -1.09. The molecule has 1 unspecified atom stereocenters. The standard InChI is InChI=1S/C11H14N2O4S/c1-3-17-11(15)13-12-10(14)8-4-6-9(7-5-8)18(2)16/h4-7H,3H2,1-2H3,(H,12,14)(H,13,15). The van der Waals surface area contributed by atoms with Crippen molar-refractivity contribution in [2.75, 3.05) is 12.9 Å². The predicted octanol–water partition coefficient (Wildman–Crippen LogP) is 0.815. The lowest BCUT2D eigenvalue weighted by Crippen LogP contribution is -2.41. The Bertz CT molecular complexity index is 459. The molecule has 0 radical (unpaired) electrons. The Morgan fingerprint density at radius 2 is 1.83 bits per heavy atom. The Morgan fingerprint density at radius 3 is 2.33 bits per heavy atom. The van der Waals surface area contributed by atoms with Crippen molar-refractivity contribution in [2.45, 2.75) is 11.8 Å². The molecular weight excluding hydrogens is 256 g/mol. The van der Waals surface area contributed by atoms with Crippen LogP contribution >= 0.6 is 0 Å². The van der Waals surface area contributed by atoms with Crippen LogP contribution in [-0.4, -0.2) is 29.1 Å². The Morgan fingerprint density at radius 1 is 1.22 bits per heavy atom. The van der Waals surface area contributed by atoms with E-state index in [-0.39, 0.29) is 6.61 Å². The van der Waals surface area contributed by atoms with Gasteiger partial charge in [-0.05, 0) is 31.2 Å². The van der Waals surface area contributed by atoms with Gasteiger partial charge in [0, 0.05) is 27.5 Å². The molecule has 0 fully saturated rings. The molecule has 0 aromatic heterocycles. The molecule has 0 aliphatic rings. The fraction of sp³-hybridized carbons (Fsp3) is 0.273. The summed E-state index contributed by atoms with van der Waals surface area (Å²) in [4.78, 5) is 23.1. The van der Waals surface area contributed by atoms with Gasteiger partial charge in [0.1, 0.15) is 0 Å². The zero-order valence-electron chi connectivity index (χ0n) is 10.1. The highest BCUT2D eigenvalue weighted by Crippen LogP contribution is 2.07. The Balaban J connectivity index is 2.56. The first-order valence-electron chi connectivity index (χ1n) is 5.21. The monoisotopic (exact) mass is 270 g/mol. The van der Waals surface area contributed by atoms with Gasteiger partial charge in [0.15, 0.2) is 0 Å². The van der Waals surface area contributed by atoms with Gasteiger partial charge >= 0.3 is 6.09 Å². The number of amides is 2. The number of hydrazine groups is 1. The van der Waals surface area contributed by atoms with Crippen LogP contribution in [-0.2, 0) is 15.5 Å². The van der Waals surface area contributed by atoms with Crippen LogP contribution in [0.15, 0.2) is 29.2 Å². The summed E-state index contributed by atoms with van der Waals surface area (Å²) in [6.45, 7) is 1.88. The molecule has 7 heteroatoms. The fourth-order valence-corrected chi connectivity index (χ4v) is 1.66. The highest BCUT2D eigenvalue weighted by molar-refractivity contribution is 7.84. The molecule has 0 spiro atoms. The third kappa shape index (κ3) is 4.17. The van der Waals surface area contributed by atoms with E-state index in [9.17, 15) is 13.8 Å². The summed E-state index contributed by atoms with van der Waals surface area (Å²) in [7, 11) is -1.09. The summed E-state index contributed by atoms with van der Waals surface area (Å²) in [5.74, 6) is -0.475. The average Bonchev–Trinajstić information content (AvgIpc) is 2.36. The summed E-state index contributed by atoms with van der Waals surface area (Å²) in [6.07, 6.45) is 0.828. The lowest BCUT2D eigenvalue weighted by molar-refractivity contribution is 0.0912. The summed E-state index contributed by atoms with van der Waals surface area (Å²) < 4.78 is 15.7. The van der Waals surface area contributed by atoms with Gasteiger partial charge in [-0.15, -0.1) is 0 Å². The van der Waals surface area contributed by atoms with Crippen molar-refractivity contribution < 1.29 is 18.5 Å². The second kappa shape index (κ2) is 6.75. The third-order valence-corrected chi connectivity index (χ3v) is 2.94. The maximum absolute atomic E-state index is 11.6. The van der Waals surface area contributed by atoms with Gasteiger partial charge in [-0.3, -0.25) is 14.4 Å². The van der Waals surface area contributed by atoms with Crippen molar-refractivity contribution in [1.29, 1.82) is 0 Å². The molecule has 2 amide bonds. The second-order valence-corrected chi connectivity index (χ2v) is 4.66. The van der Waals surface area contributed by atoms with Crippen LogP contribution in [0.1, 0.15) is 17.3 Å². The Kier molecular flexibility index (Phi) is 5.31. The van der Waals surface area contributed by atoms with Crippen molar-refractivity contribution >= 4 is 22.8 Å². The van der Waals surface area contributed by atoms with Crippen LogP contribution < -0.4 is 10.9 Å². The van der Waals surface area contributed by atoms with Crippen molar-refractivity contribution in [2.24, 2.45) is 0 Å². The van der Waals surface area contributed by atoms with E-state index in [1.807, 2.05) is 0 Å². The summed E-state index contributed by atoms with van der Waals surface area (Å²) in [5.41, 5.74) is 4.64. The van der Waals surface area contributed by atoms with Gasteiger partial charge in [0.2, 0.25) is 0 Å². The molecule has 0 heterocycles. The van der Waals surface area contributed by atoms with Crippen LogP contribution in [0.25, 0.3) is 0 Å². The number of rotatable bonds is 3. The van der Waals surface area contributed by atoms with Crippen molar-refractivity contribution in [3.8, 4) is 0 Å². The molecular formula is C11H14N2O4S. The number of carbonyl (C=O) groups excluding carboxylic acids is 2. The normalized spacial score (nSPS) is 11.4. The van der Waals surface area contributed by atoms with Crippen LogP contribution in [0.4, 0.5) is 4.79 Å². The molecule has 6 nitrogen and oxygen atoms in total. The number of hydrogen-bond donors (Lipinski definition) is 2. The van der Waals surface area contributed by atoms with Crippen LogP contribution in [0.2, 0.25) is 0 Å². The van der Waals surface area contributed by atoms with Gasteiger partial charge in [0.05, 0.1) is 6.61 Å². The van der Waals surface area contributed by atoms with E-state index in [0.717, 1.165) is 0 Å². The first kappa shape index (κ1) is 14.2. The molecule has 2 N–H and O–H groups in total. The first-order chi connectivity index (χ1) is 8.54. The zero-order valence-corrected chi connectivity index (χ0v) is 10.9. The second-order valence-electron chi connectivity index (χ2n) is 3.28. The molecule has 0 saturated carbocycles. The van der Waals surface area contributed by atoms with E-state index in [1.54, 1.807) is 25.3 Å². The van der Waals surface area contributed by atoms with Crippen LogP contribution in [0.5, 0.6) is 0 Å². The maximum atomic E-state index is 11.6. The number of hydrogen-bond acceptors (Lipinski definition) is 4. The lowest BCUT2D eigenvalue weighted by atomic mass is 10.2. The zero-order chi connectivity index (χ0) is 13.5. The molecule has 0 bridgehead atoms. The molecule has 0 saturated heterocycles. The van der Waals surface area contributed by atoms with E-state index >= 15 is 0 Å². The molecule has 1 atom stereocenters. The van der Waals surface area contributed by atoms with Crippen molar-refractivity contribution in [1.82, 2.24) is 10.9 Å². The van der Waals surface area contributed by atoms with Gasteiger partial charge in [-0.1, -0.05) is 0 Å². The summed E-state index contributed by atoms with van der Waals surface area (Å²) in [6, 6.07) is 6.24. The lowest BCUT2D eigenvalue weighted by Gasteiger charge is -2.07. The number of nitrogens with one attached hydrogen (secondary N) is 2. The number of ether oxygens (including phenoxy) is 1. The maximum Gasteiger partial charge on any atom is 0.426 e. The highest BCUT2D eigenvalue weighted by atomic mass is 32.2. The SMILES string of the molecule is CCOC(=O)NNC(=O)c1ccc(S(C)=O)cc1. The van der Waals surface area contributed by atoms with E-state index < -0.39 is 22.8 Å². The van der Waals surface area contributed by atoms with E-state index in [1.165, 1.54) is 12.1 Å². The summed E-state index contributed by atoms with van der Waals surface area (Å²) >= 11 is 0. The Hall–Kier alpha value is -1.89. The topological polar surface area (TPSA) is 84.5 Å². The quantitative estimate of drug-likeness (QED) is 0.796. The van der Waals surface area contributed by atoms with Gasteiger partial charge in [-0.25, -0.2) is 10.2 Å². The summed E-state index contributed by atoms with van der Waals surface area (Å²) in [5, 5.41) is 0. The molecule has 98 valence electrons. The molecule has 1 aromatic rings. The molecule has 1 aromatic carbocycles. The number of carbonyl (C=O) groups is 2. The van der Waals surface area contributed by atoms with Crippen molar-refractivity contribution in [3.63, 3.8) is 0 Å². The molecule has 0 aliphatic carbocycles. The predicted molar refractivity (Wildman–Crippen MR) is 66.4 cm³/mol. The van der Waals surface area contributed by atoms with Crippen LogP contribution in [0, 0.1) is 0 Å². The van der Waals surface area contributed by atoms with Crippen LogP contribution in [0.3, 0.4) is 0 Å². The van der Waals surface area contributed by atoms with Crippen molar-refractivity contribution in [3.05, 3.63) is 29.8 Å². The molecule has 1 rings (SSSR count). The van der Waals surface area contributed by atoms with Gasteiger partial charge in [-0.2, -0.15) is 0 Å². The smallest absolute Gasteiger partial charge is 0.426 e. The molecule has 0 aliphatic heterocycles. The third-order valence-electron chi connectivity index (χ3n) is 2.00. The average molecular weight is 270 g/mol. The highest BCUT2D eigenvalue weighted by Gasteiger charge is 2.07.